The highest BCUT2D eigenvalue weighted by Crippen LogP contribution is 2.65. The van der Waals surface area contributed by atoms with Crippen molar-refractivity contribution in [1.29, 1.82) is 0 Å². The number of phenols is 1. The second kappa shape index (κ2) is 10.1. The number of carbonyl (C=O) groups excluding carboxylic acids is 1. The first kappa shape index (κ1) is 27.4. The van der Waals surface area contributed by atoms with Gasteiger partial charge in [-0.05, 0) is 88.6 Å². The number of hydrogen-bond donors (Lipinski definition) is 1. The third kappa shape index (κ3) is 5.18. The first-order chi connectivity index (χ1) is 17.9. The van der Waals surface area contributed by atoms with Crippen LogP contribution >= 0.6 is 0 Å². The monoisotopic (exact) mass is 523 g/mol. The van der Waals surface area contributed by atoms with Crippen LogP contribution in [0.15, 0.2) is 12.1 Å². The van der Waals surface area contributed by atoms with E-state index in [1.807, 2.05) is 0 Å². The Hall–Kier alpha value is -2.21. The van der Waals surface area contributed by atoms with E-state index in [9.17, 15) is 9.90 Å². The van der Waals surface area contributed by atoms with Gasteiger partial charge in [0, 0.05) is 13.1 Å². The van der Waals surface area contributed by atoms with E-state index in [1.54, 1.807) is 32.9 Å². The predicted molar refractivity (Wildman–Crippen MR) is 146 cm³/mol. The molecule has 7 nitrogen and oxygen atoms in total. The minimum Gasteiger partial charge on any atom is -0.507 e. The lowest BCUT2D eigenvalue weighted by atomic mass is 9.43. The summed E-state index contributed by atoms with van der Waals surface area (Å²) in [4.78, 5) is 15.4. The molecule has 2 heterocycles. The average Bonchev–Trinajstić information content (AvgIpc) is 3.14. The summed E-state index contributed by atoms with van der Waals surface area (Å²) in [6, 6.07) is 3.52. The Morgan fingerprint density at radius 2 is 1.97 bits per heavy atom. The van der Waals surface area contributed by atoms with E-state index in [1.165, 1.54) is 12.8 Å². The van der Waals surface area contributed by atoms with Gasteiger partial charge in [0.2, 0.25) is 0 Å². The van der Waals surface area contributed by atoms with Gasteiger partial charge in [0.1, 0.15) is 29.3 Å². The molecule has 5 aliphatic rings. The van der Waals surface area contributed by atoms with Gasteiger partial charge < -0.3 is 23.9 Å². The molecule has 2 saturated heterocycles. The van der Waals surface area contributed by atoms with Crippen LogP contribution in [0, 0.1) is 29.1 Å². The van der Waals surface area contributed by atoms with Crippen LogP contribution in [0.1, 0.15) is 76.7 Å². The average molecular weight is 523 g/mol. The van der Waals surface area contributed by atoms with Crippen molar-refractivity contribution in [1.82, 2.24) is 4.90 Å². The van der Waals surface area contributed by atoms with E-state index in [0.29, 0.717) is 35.6 Å². The van der Waals surface area contributed by atoms with Gasteiger partial charge >= 0.3 is 13.1 Å². The minimum atomic E-state index is -0.709. The maximum absolute atomic E-state index is 13.1. The van der Waals surface area contributed by atoms with Crippen LogP contribution in [0.3, 0.4) is 0 Å². The van der Waals surface area contributed by atoms with E-state index in [-0.39, 0.29) is 42.5 Å². The summed E-state index contributed by atoms with van der Waals surface area (Å²) in [5, 5.41) is 11.2. The van der Waals surface area contributed by atoms with Gasteiger partial charge in [0.25, 0.3) is 0 Å². The van der Waals surface area contributed by atoms with Crippen molar-refractivity contribution in [3.8, 4) is 23.3 Å². The summed E-state index contributed by atoms with van der Waals surface area (Å²) in [7, 11) is -0.331. The molecular formula is C30H42BNO6. The third-order valence-corrected chi connectivity index (χ3v) is 9.15. The van der Waals surface area contributed by atoms with Crippen LogP contribution in [0.2, 0.25) is 6.32 Å². The molecule has 1 N–H and O–H groups in total. The molecule has 3 unspecified atom stereocenters. The van der Waals surface area contributed by atoms with E-state index in [2.05, 4.69) is 37.5 Å². The summed E-state index contributed by atoms with van der Waals surface area (Å²) >= 11 is 0. The van der Waals surface area contributed by atoms with Gasteiger partial charge in [-0.3, -0.25) is 4.90 Å². The Kier molecular flexibility index (Phi) is 7.26. The maximum atomic E-state index is 13.1. The molecule has 5 fully saturated rings. The molecule has 0 aromatic heterocycles. The SMILES string of the molecule is CC(C)(C)OC(=O)c1c(OCC#CCN2CCC2)ccc(CCB2OC3CC4CC(C4(C)C)[C@]3(C)O2)c1O. The number of hydrogen-bond acceptors (Lipinski definition) is 7. The highest BCUT2D eigenvalue weighted by Gasteiger charge is 2.67. The smallest absolute Gasteiger partial charge is 0.457 e. The second-order valence-corrected chi connectivity index (χ2v) is 13.2. The molecule has 0 radical (unpaired) electrons. The van der Waals surface area contributed by atoms with Crippen LogP contribution in [0.5, 0.6) is 11.5 Å². The molecule has 0 amide bonds. The van der Waals surface area contributed by atoms with Gasteiger partial charge in [-0.1, -0.05) is 31.8 Å². The number of likely N-dealkylation sites (tertiary alicyclic amines) is 1. The molecule has 1 aromatic rings. The lowest BCUT2D eigenvalue weighted by molar-refractivity contribution is -0.199. The Labute approximate surface area is 227 Å². The second-order valence-electron chi connectivity index (χ2n) is 13.2. The number of rotatable bonds is 7. The van der Waals surface area contributed by atoms with Crippen molar-refractivity contribution in [2.45, 2.75) is 90.9 Å². The third-order valence-electron chi connectivity index (χ3n) is 9.15. The van der Waals surface area contributed by atoms with Gasteiger partial charge in [-0.15, -0.1) is 0 Å². The molecule has 3 saturated carbocycles. The quantitative estimate of drug-likeness (QED) is 0.315. The Bertz CT molecular complexity index is 1130. The Balaban J connectivity index is 1.27. The molecule has 206 valence electrons. The summed E-state index contributed by atoms with van der Waals surface area (Å²) in [6.45, 7) is 15.3. The molecule has 3 aliphatic carbocycles. The zero-order chi connectivity index (χ0) is 27.3. The van der Waals surface area contributed by atoms with Gasteiger partial charge in [0.05, 0.1) is 18.2 Å². The number of esters is 1. The molecule has 2 aliphatic heterocycles. The number of benzene rings is 1. The standard InChI is InChI=1S/C30H42BNO6/c1-28(2,3)36-27(34)25-22(35-17-8-7-14-32-15-9-16-32)11-10-20(26(25)33)12-13-31-37-24-19-21-18-23(29(21,4)5)30(24,6)38-31/h10-11,21,23-24,33H,9,12-19H2,1-6H3/t21?,23?,24?,30-/m0/s1. The van der Waals surface area contributed by atoms with Gasteiger partial charge in [-0.2, -0.15) is 0 Å². The van der Waals surface area contributed by atoms with Crippen LogP contribution in [0.25, 0.3) is 0 Å². The lowest BCUT2D eigenvalue weighted by Crippen LogP contribution is -2.65. The van der Waals surface area contributed by atoms with Crippen molar-refractivity contribution in [3.05, 3.63) is 23.3 Å². The zero-order valence-electron chi connectivity index (χ0n) is 23.8. The van der Waals surface area contributed by atoms with E-state index < -0.39 is 11.6 Å². The Morgan fingerprint density at radius 3 is 2.63 bits per heavy atom. The van der Waals surface area contributed by atoms with Crippen molar-refractivity contribution < 1.29 is 28.7 Å². The fraction of sp³-hybridized carbons (Fsp3) is 0.700. The van der Waals surface area contributed by atoms with Crippen LogP contribution < -0.4 is 4.74 Å². The number of aromatic hydroxyl groups is 1. The highest BCUT2D eigenvalue weighted by atomic mass is 16.7. The normalized spacial score (nSPS) is 29.4. The van der Waals surface area contributed by atoms with Crippen molar-refractivity contribution in [3.63, 3.8) is 0 Å². The molecule has 6 rings (SSSR count). The van der Waals surface area contributed by atoms with Crippen molar-refractivity contribution in [2.75, 3.05) is 26.2 Å². The molecule has 0 spiro atoms. The van der Waals surface area contributed by atoms with Gasteiger partial charge in [-0.25, -0.2) is 4.79 Å². The van der Waals surface area contributed by atoms with Crippen molar-refractivity contribution in [2.24, 2.45) is 17.3 Å². The topological polar surface area (TPSA) is 77.5 Å². The maximum Gasteiger partial charge on any atom is 0.457 e. The molecule has 38 heavy (non-hydrogen) atoms. The fourth-order valence-electron chi connectivity index (χ4n) is 6.69. The van der Waals surface area contributed by atoms with Crippen LogP contribution in [-0.2, 0) is 20.5 Å². The predicted octanol–water partition coefficient (Wildman–Crippen LogP) is 4.71. The molecule has 8 heteroatoms. The summed E-state index contributed by atoms with van der Waals surface area (Å²) in [5.41, 5.74) is -0.00272. The molecule has 2 bridgehead atoms. The summed E-state index contributed by atoms with van der Waals surface area (Å²) in [5.74, 6) is 6.84. The van der Waals surface area contributed by atoms with Crippen LogP contribution in [0.4, 0.5) is 0 Å². The van der Waals surface area contributed by atoms with Gasteiger partial charge in [0.15, 0.2) is 0 Å². The lowest BCUT2D eigenvalue weighted by Gasteiger charge is -2.64. The highest BCUT2D eigenvalue weighted by molar-refractivity contribution is 6.45. The minimum absolute atomic E-state index is 0.0402. The molecule has 4 atom stereocenters. The number of carbonyl (C=O) groups is 1. The van der Waals surface area contributed by atoms with Crippen LogP contribution in [-0.4, -0.2) is 66.6 Å². The number of ether oxygens (including phenoxy) is 2. The Morgan fingerprint density at radius 1 is 1.21 bits per heavy atom. The largest absolute Gasteiger partial charge is 0.507 e. The van der Waals surface area contributed by atoms with Crippen molar-refractivity contribution >= 4 is 13.1 Å². The van der Waals surface area contributed by atoms with E-state index in [0.717, 1.165) is 26.1 Å². The fourth-order valence-corrected chi connectivity index (χ4v) is 6.69. The number of aryl methyl sites for hydroxylation is 1. The summed E-state index contributed by atoms with van der Waals surface area (Å²) < 4.78 is 24.3. The first-order valence-corrected chi connectivity index (χ1v) is 14.1. The van der Waals surface area contributed by atoms with E-state index in [4.69, 9.17) is 18.8 Å². The zero-order valence-corrected chi connectivity index (χ0v) is 23.8. The molecule has 1 aromatic carbocycles. The molecular weight excluding hydrogens is 481 g/mol. The first-order valence-electron chi connectivity index (χ1n) is 14.1. The van der Waals surface area contributed by atoms with E-state index >= 15 is 0 Å². The summed E-state index contributed by atoms with van der Waals surface area (Å²) in [6.07, 6.45) is 4.68. The number of nitrogens with zero attached hydrogens (tertiary/aromatic N) is 1. The number of phenolic OH excluding ortho intramolecular Hbond substituents is 1.